The van der Waals surface area contributed by atoms with Gasteiger partial charge < -0.3 is 19.5 Å². The average Bonchev–Trinajstić information content (AvgIpc) is 2.60. The normalized spacial score (nSPS) is 10.0. The number of benzene rings is 2. The largest absolute Gasteiger partial charge is 0.493 e. The van der Waals surface area contributed by atoms with E-state index in [0.717, 1.165) is 0 Å². The van der Waals surface area contributed by atoms with Crippen molar-refractivity contribution in [3.8, 4) is 11.5 Å². The van der Waals surface area contributed by atoms with Crippen molar-refractivity contribution in [2.24, 2.45) is 0 Å². The highest BCUT2D eigenvalue weighted by Crippen LogP contribution is 2.34. The Labute approximate surface area is 147 Å². The van der Waals surface area contributed by atoms with Gasteiger partial charge in [0.05, 0.1) is 38.1 Å². The Kier molecular flexibility index (Phi) is 5.81. The number of carbonyl (C=O) groups is 2. The summed E-state index contributed by atoms with van der Waals surface area (Å²) in [5, 5.41) is 2.70. The van der Waals surface area contributed by atoms with Gasteiger partial charge in [0, 0.05) is 16.6 Å². The number of amides is 1. The number of esters is 1. The van der Waals surface area contributed by atoms with Crippen LogP contribution in [0, 0.1) is 0 Å². The Balaban J connectivity index is 2.46. The molecule has 0 atom stereocenters. The van der Waals surface area contributed by atoms with Gasteiger partial charge >= 0.3 is 5.97 Å². The fraction of sp³-hybridized carbons (Fsp3) is 0.176. The number of anilines is 1. The smallest absolute Gasteiger partial charge is 0.340 e. The van der Waals surface area contributed by atoms with E-state index in [0.29, 0.717) is 21.5 Å². The lowest BCUT2D eigenvalue weighted by Crippen LogP contribution is -2.16. The maximum absolute atomic E-state index is 12.5. The maximum atomic E-state index is 12.5. The highest BCUT2D eigenvalue weighted by atomic mass is 79.9. The first-order valence-electron chi connectivity index (χ1n) is 6.92. The molecule has 0 aliphatic rings. The third kappa shape index (κ3) is 3.68. The van der Waals surface area contributed by atoms with Crippen LogP contribution in [0.1, 0.15) is 20.7 Å². The van der Waals surface area contributed by atoms with E-state index in [4.69, 9.17) is 14.2 Å². The summed E-state index contributed by atoms with van der Waals surface area (Å²) in [6, 6.07) is 9.94. The van der Waals surface area contributed by atoms with E-state index in [9.17, 15) is 9.59 Å². The Hall–Kier alpha value is -2.54. The Bertz CT molecular complexity index is 776. The van der Waals surface area contributed by atoms with Crippen LogP contribution in [0.5, 0.6) is 11.5 Å². The molecule has 6 nitrogen and oxygen atoms in total. The molecule has 0 heterocycles. The Morgan fingerprint density at radius 3 is 2.17 bits per heavy atom. The predicted molar refractivity (Wildman–Crippen MR) is 93.0 cm³/mol. The molecule has 1 amide bonds. The molecule has 0 aliphatic carbocycles. The van der Waals surface area contributed by atoms with E-state index in [1.165, 1.54) is 33.5 Å². The number of nitrogens with one attached hydrogen (secondary N) is 1. The van der Waals surface area contributed by atoms with E-state index in [-0.39, 0.29) is 17.2 Å². The van der Waals surface area contributed by atoms with E-state index in [1.54, 1.807) is 24.3 Å². The molecule has 2 aromatic carbocycles. The van der Waals surface area contributed by atoms with Gasteiger partial charge in [0.1, 0.15) is 0 Å². The SMILES string of the molecule is COC(=O)c1cc(OC)c(OC)cc1NC(=O)c1ccccc1Br. The van der Waals surface area contributed by atoms with Gasteiger partial charge in [-0.1, -0.05) is 12.1 Å². The summed E-state index contributed by atoms with van der Waals surface area (Å²) in [6.07, 6.45) is 0. The fourth-order valence-electron chi connectivity index (χ4n) is 2.10. The van der Waals surface area contributed by atoms with Crippen molar-refractivity contribution in [3.63, 3.8) is 0 Å². The van der Waals surface area contributed by atoms with Crippen molar-refractivity contribution in [1.82, 2.24) is 0 Å². The van der Waals surface area contributed by atoms with Crippen LogP contribution in [0.3, 0.4) is 0 Å². The molecule has 0 saturated heterocycles. The molecule has 0 aromatic heterocycles. The van der Waals surface area contributed by atoms with Crippen molar-refractivity contribution in [3.05, 3.63) is 52.0 Å². The predicted octanol–water partition coefficient (Wildman–Crippen LogP) is 3.51. The zero-order valence-corrected chi connectivity index (χ0v) is 15.0. The minimum atomic E-state index is -0.599. The summed E-state index contributed by atoms with van der Waals surface area (Å²) in [7, 11) is 4.19. The first kappa shape index (κ1) is 17.8. The van der Waals surface area contributed by atoms with Gasteiger partial charge in [-0.2, -0.15) is 0 Å². The number of methoxy groups -OCH3 is 3. The number of carbonyl (C=O) groups excluding carboxylic acids is 2. The van der Waals surface area contributed by atoms with Crippen molar-refractivity contribution >= 4 is 33.5 Å². The lowest BCUT2D eigenvalue weighted by atomic mass is 10.1. The van der Waals surface area contributed by atoms with Crippen LogP contribution in [0.4, 0.5) is 5.69 Å². The summed E-state index contributed by atoms with van der Waals surface area (Å²) in [5.74, 6) is -0.234. The molecule has 2 aromatic rings. The van der Waals surface area contributed by atoms with E-state index in [1.807, 2.05) is 0 Å². The van der Waals surface area contributed by atoms with Crippen molar-refractivity contribution < 1.29 is 23.8 Å². The minimum absolute atomic E-state index is 0.163. The van der Waals surface area contributed by atoms with Crippen LogP contribution in [-0.4, -0.2) is 33.2 Å². The third-order valence-corrected chi connectivity index (χ3v) is 3.99. The first-order chi connectivity index (χ1) is 11.5. The molecule has 0 unspecified atom stereocenters. The average molecular weight is 394 g/mol. The van der Waals surface area contributed by atoms with Crippen molar-refractivity contribution in [1.29, 1.82) is 0 Å². The fourth-order valence-corrected chi connectivity index (χ4v) is 2.56. The lowest BCUT2D eigenvalue weighted by molar-refractivity contribution is 0.0601. The summed E-state index contributed by atoms with van der Waals surface area (Å²) in [6.45, 7) is 0. The van der Waals surface area contributed by atoms with E-state index >= 15 is 0 Å². The molecule has 2 rings (SSSR count). The van der Waals surface area contributed by atoms with Gasteiger partial charge in [-0.25, -0.2) is 4.79 Å². The van der Waals surface area contributed by atoms with E-state index < -0.39 is 5.97 Å². The highest BCUT2D eigenvalue weighted by molar-refractivity contribution is 9.10. The third-order valence-electron chi connectivity index (χ3n) is 3.30. The second-order valence-electron chi connectivity index (χ2n) is 4.68. The molecular formula is C17H16BrNO5. The van der Waals surface area contributed by atoms with Gasteiger partial charge in [0.25, 0.3) is 5.91 Å². The quantitative estimate of drug-likeness (QED) is 0.786. The lowest BCUT2D eigenvalue weighted by Gasteiger charge is -2.15. The monoisotopic (exact) mass is 393 g/mol. The van der Waals surface area contributed by atoms with Gasteiger partial charge in [-0.15, -0.1) is 0 Å². The zero-order valence-electron chi connectivity index (χ0n) is 13.4. The van der Waals surface area contributed by atoms with Crippen molar-refractivity contribution in [2.75, 3.05) is 26.6 Å². The van der Waals surface area contributed by atoms with Crippen molar-refractivity contribution in [2.45, 2.75) is 0 Å². The van der Waals surface area contributed by atoms with Crippen LogP contribution >= 0.6 is 15.9 Å². The molecule has 24 heavy (non-hydrogen) atoms. The van der Waals surface area contributed by atoms with Gasteiger partial charge in [-0.3, -0.25) is 4.79 Å². The Morgan fingerprint density at radius 2 is 1.58 bits per heavy atom. The van der Waals surface area contributed by atoms with Crippen LogP contribution in [0.25, 0.3) is 0 Å². The number of rotatable bonds is 5. The van der Waals surface area contributed by atoms with Gasteiger partial charge in [0.15, 0.2) is 11.5 Å². The van der Waals surface area contributed by atoms with Gasteiger partial charge in [0.2, 0.25) is 0 Å². The number of hydrogen-bond acceptors (Lipinski definition) is 5. The molecule has 0 radical (unpaired) electrons. The molecule has 0 aliphatic heterocycles. The summed E-state index contributed by atoms with van der Waals surface area (Å²) >= 11 is 3.33. The second-order valence-corrected chi connectivity index (χ2v) is 5.53. The number of ether oxygens (including phenoxy) is 3. The molecule has 0 spiro atoms. The minimum Gasteiger partial charge on any atom is -0.493 e. The van der Waals surface area contributed by atoms with E-state index in [2.05, 4.69) is 21.2 Å². The highest BCUT2D eigenvalue weighted by Gasteiger charge is 2.20. The first-order valence-corrected chi connectivity index (χ1v) is 7.71. The molecule has 0 bridgehead atoms. The summed E-state index contributed by atoms with van der Waals surface area (Å²) in [5.41, 5.74) is 0.860. The number of hydrogen-bond donors (Lipinski definition) is 1. The summed E-state index contributed by atoms with van der Waals surface area (Å²) < 4.78 is 15.8. The van der Waals surface area contributed by atoms with Crippen LogP contribution in [0.15, 0.2) is 40.9 Å². The second kappa shape index (κ2) is 7.83. The molecule has 7 heteroatoms. The zero-order chi connectivity index (χ0) is 17.7. The number of halogens is 1. The molecule has 1 N–H and O–H groups in total. The standard InChI is InChI=1S/C17H16BrNO5/c1-22-14-8-11(17(21)24-3)13(9-15(14)23-2)19-16(20)10-6-4-5-7-12(10)18/h4-9H,1-3H3,(H,19,20). The molecule has 0 fully saturated rings. The molecule has 0 saturated carbocycles. The van der Waals surface area contributed by atoms with Crippen LogP contribution in [0.2, 0.25) is 0 Å². The van der Waals surface area contributed by atoms with Crippen LogP contribution in [-0.2, 0) is 4.74 Å². The molecule has 126 valence electrons. The van der Waals surface area contributed by atoms with Gasteiger partial charge in [-0.05, 0) is 28.1 Å². The maximum Gasteiger partial charge on any atom is 0.340 e. The Morgan fingerprint density at radius 1 is 0.958 bits per heavy atom. The van der Waals surface area contributed by atoms with Crippen LogP contribution < -0.4 is 14.8 Å². The topological polar surface area (TPSA) is 73.9 Å². The summed E-state index contributed by atoms with van der Waals surface area (Å²) in [4.78, 5) is 24.5. The molecular weight excluding hydrogens is 378 g/mol.